The summed E-state index contributed by atoms with van der Waals surface area (Å²) in [5.74, 6) is -1.50. The molecule has 0 saturated carbocycles. The van der Waals surface area contributed by atoms with Crippen molar-refractivity contribution in [2.45, 2.75) is 27.2 Å². The van der Waals surface area contributed by atoms with Crippen LogP contribution >= 0.6 is 0 Å². The Balaban J connectivity index is 4.38. The van der Waals surface area contributed by atoms with Gasteiger partial charge in [-0.05, 0) is 20.8 Å². The van der Waals surface area contributed by atoms with Gasteiger partial charge < -0.3 is 10.0 Å². The first-order valence-corrected chi connectivity index (χ1v) is 5.07. The number of nitriles is 1. The number of nitrogens with zero attached hydrogens (tertiary/aromatic N) is 2. The van der Waals surface area contributed by atoms with Gasteiger partial charge in [0, 0.05) is 20.0 Å². The maximum atomic E-state index is 11.7. The lowest BCUT2D eigenvalue weighted by molar-refractivity contribution is -0.151. The van der Waals surface area contributed by atoms with Gasteiger partial charge in [-0.2, -0.15) is 5.26 Å². The molecule has 0 aromatic carbocycles. The lowest BCUT2D eigenvalue weighted by Crippen LogP contribution is -2.36. The molecule has 0 aliphatic carbocycles. The Morgan fingerprint density at radius 1 is 1.50 bits per heavy atom. The lowest BCUT2D eigenvalue weighted by Gasteiger charge is -2.24. The third-order valence-electron chi connectivity index (χ3n) is 2.37. The van der Waals surface area contributed by atoms with E-state index < -0.39 is 11.4 Å². The minimum Gasteiger partial charge on any atom is -0.481 e. The molecular formula is C11H18N2O3. The molecule has 0 aliphatic heterocycles. The molecule has 0 spiro atoms. The number of aliphatic carboxylic acids is 1. The molecule has 1 amide bonds. The molecule has 0 heterocycles. The third kappa shape index (κ3) is 4.30. The maximum Gasteiger partial charge on any atom is 0.309 e. The summed E-state index contributed by atoms with van der Waals surface area (Å²) >= 11 is 0. The summed E-state index contributed by atoms with van der Waals surface area (Å²) in [6.45, 7) is 5.06. The molecule has 0 saturated heterocycles. The molecule has 5 heteroatoms. The van der Waals surface area contributed by atoms with Gasteiger partial charge in [0.2, 0.25) is 5.91 Å². The highest BCUT2D eigenvalue weighted by molar-refractivity contribution is 5.84. The van der Waals surface area contributed by atoms with E-state index in [4.69, 9.17) is 10.4 Å². The monoisotopic (exact) mass is 226 g/mol. The average Bonchev–Trinajstić information content (AvgIpc) is 2.16. The van der Waals surface area contributed by atoms with E-state index in [1.165, 1.54) is 18.7 Å². The number of amides is 1. The van der Waals surface area contributed by atoms with Crippen molar-refractivity contribution in [3.05, 3.63) is 0 Å². The number of hydrogen-bond acceptors (Lipinski definition) is 3. The fourth-order valence-corrected chi connectivity index (χ4v) is 1.14. The molecular weight excluding hydrogens is 208 g/mol. The summed E-state index contributed by atoms with van der Waals surface area (Å²) in [6, 6.07) is 2.03. The van der Waals surface area contributed by atoms with E-state index in [2.05, 4.69) is 0 Å². The van der Waals surface area contributed by atoms with Crippen LogP contribution in [0.2, 0.25) is 0 Å². The molecule has 0 aromatic rings. The highest BCUT2D eigenvalue weighted by Crippen LogP contribution is 2.21. The van der Waals surface area contributed by atoms with E-state index >= 15 is 0 Å². The van der Waals surface area contributed by atoms with Gasteiger partial charge in [-0.15, -0.1) is 0 Å². The molecule has 1 atom stereocenters. The zero-order valence-corrected chi connectivity index (χ0v) is 10.1. The van der Waals surface area contributed by atoms with Gasteiger partial charge in [0.1, 0.15) is 0 Å². The molecule has 0 aliphatic rings. The van der Waals surface area contributed by atoms with Crippen LogP contribution in [0.4, 0.5) is 0 Å². The van der Waals surface area contributed by atoms with E-state index in [-0.39, 0.29) is 18.2 Å². The molecule has 0 radical (unpaired) electrons. The van der Waals surface area contributed by atoms with Gasteiger partial charge in [0.15, 0.2) is 0 Å². The topological polar surface area (TPSA) is 81.4 Å². The van der Waals surface area contributed by atoms with E-state index in [1.807, 2.05) is 6.07 Å². The summed E-state index contributed by atoms with van der Waals surface area (Å²) in [7, 11) is 1.58. The average molecular weight is 226 g/mol. The van der Waals surface area contributed by atoms with Crippen LogP contribution in [0.3, 0.4) is 0 Å². The molecule has 0 aromatic heterocycles. The summed E-state index contributed by atoms with van der Waals surface area (Å²) in [5, 5.41) is 17.5. The smallest absolute Gasteiger partial charge is 0.309 e. The van der Waals surface area contributed by atoms with Crippen LogP contribution in [0.5, 0.6) is 0 Å². The van der Waals surface area contributed by atoms with Gasteiger partial charge >= 0.3 is 5.97 Å². The number of rotatable bonds is 5. The molecule has 1 unspecified atom stereocenters. The highest BCUT2D eigenvalue weighted by atomic mass is 16.4. The van der Waals surface area contributed by atoms with Crippen molar-refractivity contribution in [2.75, 3.05) is 13.6 Å². The molecule has 16 heavy (non-hydrogen) atoms. The molecule has 0 rings (SSSR count). The highest BCUT2D eigenvalue weighted by Gasteiger charge is 2.31. The first kappa shape index (κ1) is 14.4. The summed E-state index contributed by atoms with van der Waals surface area (Å²) in [4.78, 5) is 23.9. The van der Waals surface area contributed by atoms with E-state index in [0.717, 1.165) is 0 Å². The Morgan fingerprint density at radius 2 is 2.00 bits per heavy atom. The minimum atomic E-state index is -1.07. The van der Waals surface area contributed by atoms with Crippen molar-refractivity contribution in [1.29, 1.82) is 5.26 Å². The predicted octanol–water partition coefficient (Wildman–Crippen LogP) is 1.11. The van der Waals surface area contributed by atoms with Crippen molar-refractivity contribution in [1.82, 2.24) is 4.90 Å². The lowest BCUT2D eigenvalue weighted by atomic mass is 9.89. The molecule has 5 nitrogen and oxygen atoms in total. The van der Waals surface area contributed by atoms with Crippen LogP contribution in [-0.4, -0.2) is 35.5 Å². The molecule has 0 bridgehead atoms. The van der Waals surface area contributed by atoms with Gasteiger partial charge in [-0.3, -0.25) is 9.59 Å². The first-order valence-electron chi connectivity index (χ1n) is 5.07. The Kier molecular flexibility index (Phi) is 4.96. The SMILES string of the molecule is CC(C#N)CN(C)C(=O)CC(C)(C)C(=O)O. The third-order valence-corrected chi connectivity index (χ3v) is 2.37. The first-order chi connectivity index (χ1) is 7.20. The van der Waals surface area contributed by atoms with Crippen molar-refractivity contribution in [3.8, 4) is 6.07 Å². The van der Waals surface area contributed by atoms with Crippen molar-refractivity contribution in [3.63, 3.8) is 0 Å². The van der Waals surface area contributed by atoms with E-state index in [1.54, 1.807) is 14.0 Å². The van der Waals surface area contributed by atoms with Crippen molar-refractivity contribution >= 4 is 11.9 Å². The van der Waals surface area contributed by atoms with Crippen LogP contribution in [0.15, 0.2) is 0 Å². The van der Waals surface area contributed by atoms with Gasteiger partial charge in [0.25, 0.3) is 0 Å². The molecule has 0 fully saturated rings. The van der Waals surface area contributed by atoms with Crippen LogP contribution in [0.25, 0.3) is 0 Å². The molecule has 90 valence electrons. The van der Waals surface area contributed by atoms with Crippen LogP contribution < -0.4 is 0 Å². The Bertz CT molecular complexity index is 318. The second-order valence-electron chi connectivity index (χ2n) is 4.67. The quantitative estimate of drug-likeness (QED) is 0.761. The zero-order chi connectivity index (χ0) is 12.9. The fraction of sp³-hybridized carbons (Fsp3) is 0.727. The standard InChI is InChI=1S/C11H18N2O3/c1-8(6-12)7-13(4)9(14)5-11(2,3)10(15)16/h8H,5,7H2,1-4H3,(H,15,16). The van der Waals surface area contributed by atoms with E-state index in [9.17, 15) is 9.59 Å². The Morgan fingerprint density at radius 3 is 2.38 bits per heavy atom. The van der Waals surface area contributed by atoms with Crippen molar-refractivity contribution in [2.24, 2.45) is 11.3 Å². The zero-order valence-electron chi connectivity index (χ0n) is 10.1. The Hall–Kier alpha value is -1.57. The molecule has 1 N–H and O–H groups in total. The second-order valence-corrected chi connectivity index (χ2v) is 4.67. The van der Waals surface area contributed by atoms with Crippen molar-refractivity contribution < 1.29 is 14.7 Å². The van der Waals surface area contributed by atoms with Crippen LogP contribution in [0, 0.1) is 22.7 Å². The number of hydrogen-bond donors (Lipinski definition) is 1. The number of carboxylic acid groups (broad SMARTS) is 1. The fourth-order valence-electron chi connectivity index (χ4n) is 1.14. The van der Waals surface area contributed by atoms with Gasteiger partial charge in [-0.1, -0.05) is 0 Å². The number of carbonyl (C=O) groups excluding carboxylic acids is 1. The Labute approximate surface area is 95.7 Å². The predicted molar refractivity (Wildman–Crippen MR) is 58.4 cm³/mol. The van der Waals surface area contributed by atoms with Crippen LogP contribution in [-0.2, 0) is 9.59 Å². The summed E-state index contributed by atoms with van der Waals surface area (Å²) < 4.78 is 0. The maximum absolute atomic E-state index is 11.7. The van der Waals surface area contributed by atoms with Gasteiger partial charge in [0.05, 0.1) is 17.4 Å². The number of carboxylic acids is 1. The largest absolute Gasteiger partial charge is 0.481 e. The summed E-state index contributed by atoms with van der Waals surface area (Å²) in [6.07, 6.45) is -0.0585. The normalized spacial score (nSPS) is 12.7. The van der Waals surface area contributed by atoms with Gasteiger partial charge in [-0.25, -0.2) is 0 Å². The minimum absolute atomic E-state index is 0.0585. The second kappa shape index (κ2) is 5.50. The van der Waals surface area contributed by atoms with Crippen LogP contribution in [0.1, 0.15) is 27.2 Å². The summed E-state index contributed by atoms with van der Waals surface area (Å²) in [5.41, 5.74) is -1.07. The van der Waals surface area contributed by atoms with E-state index in [0.29, 0.717) is 6.54 Å². The number of carbonyl (C=O) groups is 2.